The van der Waals surface area contributed by atoms with Gasteiger partial charge in [-0.25, -0.2) is 0 Å². The molecule has 0 N–H and O–H groups in total. The van der Waals surface area contributed by atoms with Crippen molar-refractivity contribution in [1.82, 2.24) is 0 Å². The molecule has 0 aromatic carbocycles. The number of carbonyl (C=O) groups is 1. The third kappa shape index (κ3) is 15.4. The number of carbonyl (C=O) groups excluding carboxylic acids is 1. The van der Waals surface area contributed by atoms with Gasteiger partial charge in [0.25, 0.3) is 0 Å². The summed E-state index contributed by atoms with van der Waals surface area (Å²) < 4.78 is 5.24. The van der Waals surface area contributed by atoms with Crippen LogP contribution >= 0.6 is 0 Å². The topological polar surface area (TPSA) is 26.3 Å². The van der Waals surface area contributed by atoms with Crippen molar-refractivity contribution < 1.29 is 9.53 Å². The highest BCUT2D eigenvalue weighted by Crippen LogP contribution is 2.09. The van der Waals surface area contributed by atoms with E-state index >= 15 is 0 Å². The Balaban J connectivity index is 3.17. The average Bonchev–Trinajstić information content (AvgIpc) is 2.37. The molecule has 0 unspecified atom stereocenters. The fourth-order valence-corrected chi connectivity index (χ4v) is 2.14. The van der Waals surface area contributed by atoms with E-state index in [0.29, 0.717) is 13.0 Å². The van der Waals surface area contributed by atoms with Crippen molar-refractivity contribution in [3.8, 4) is 0 Å². The standard InChI is InChI=1S/C17H34O2/c1-4-5-6-7-8-11-14-17(18)19-15-12-9-10-13-16(2)3/h16H,4-15H2,1-3H3. The van der Waals surface area contributed by atoms with Crippen molar-refractivity contribution in [1.29, 1.82) is 0 Å². The van der Waals surface area contributed by atoms with E-state index in [0.717, 1.165) is 18.8 Å². The maximum atomic E-state index is 11.5. The van der Waals surface area contributed by atoms with Crippen LogP contribution in [0.1, 0.15) is 91.4 Å². The molecule has 0 bridgehead atoms. The van der Waals surface area contributed by atoms with Crippen LogP contribution in [0.2, 0.25) is 0 Å². The fourth-order valence-electron chi connectivity index (χ4n) is 2.14. The van der Waals surface area contributed by atoms with Crippen LogP contribution in [0, 0.1) is 5.92 Å². The molecule has 0 aliphatic rings. The number of esters is 1. The summed E-state index contributed by atoms with van der Waals surface area (Å²) in [4.78, 5) is 11.5. The Morgan fingerprint density at radius 2 is 1.53 bits per heavy atom. The minimum atomic E-state index is -0.000601. The molecule has 0 heterocycles. The highest BCUT2D eigenvalue weighted by atomic mass is 16.5. The lowest BCUT2D eigenvalue weighted by Crippen LogP contribution is -2.05. The van der Waals surface area contributed by atoms with Crippen LogP contribution in [0.15, 0.2) is 0 Å². The van der Waals surface area contributed by atoms with E-state index in [1.165, 1.54) is 51.4 Å². The zero-order chi connectivity index (χ0) is 14.3. The SMILES string of the molecule is CCCCCCCCC(=O)OCCCCCC(C)C. The van der Waals surface area contributed by atoms with E-state index in [2.05, 4.69) is 20.8 Å². The molecule has 0 aromatic rings. The normalized spacial score (nSPS) is 10.9. The molecule has 0 radical (unpaired) electrons. The van der Waals surface area contributed by atoms with Crippen molar-refractivity contribution in [2.75, 3.05) is 6.61 Å². The maximum absolute atomic E-state index is 11.5. The highest BCUT2D eigenvalue weighted by Gasteiger charge is 2.02. The molecule has 0 amide bonds. The third-order valence-electron chi connectivity index (χ3n) is 3.42. The summed E-state index contributed by atoms with van der Waals surface area (Å²) in [6.07, 6.45) is 12.7. The molecule has 114 valence electrons. The zero-order valence-electron chi connectivity index (χ0n) is 13.4. The van der Waals surface area contributed by atoms with Crippen LogP contribution in [0.3, 0.4) is 0 Å². The highest BCUT2D eigenvalue weighted by molar-refractivity contribution is 5.69. The van der Waals surface area contributed by atoms with Crippen LogP contribution < -0.4 is 0 Å². The molecule has 19 heavy (non-hydrogen) atoms. The molecule has 0 aromatic heterocycles. The largest absolute Gasteiger partial charge is 0.466 e. The summed E-state index contributed by atoms with van der Waals surface area (Å²) in [5.74, 6) is 0.787. The van der Waals surface area contributed by atoms with E-state index in [-0.39, 0.29) is 5.97 Å². The van der Waals surface area contributed by atoms with Gasteiger partial charge in [-0.05, 0) is 18.8 Å². The lowest BCUT2D eigenvalue weighted by molar-refractivity contribution is -0.143. The lowest BCUT2D eigenvalue weighted by Gasteiger charge is -2.06. The zero-order valence-corrected chi connectivity index (χ0v) is 13.4. The molecular formula is C17H34O2. The second kappa shape index (κ2) is 13.9. The van der Waals surface area contributed by atoms with Crippen molar-refractivity contribution in [2.45, 2.75) is 91.4 Å². The molecule has 0 saturated carbocycles. The Bertz CT molecular complexity index is 199. The molecule has 0 rings (SSSR count). The Kier molecular flexibility index (Phi) is 13.5. The second-order valence-electron chi connectivity index (χ2n) is 5.98. The van der Waals surface area contributed by atoms with Gasteiger partial charge in [0.05, 0.1) is 6.61 Å². The fraction of sp³-hybridized carbons (Fsp3) is 0.941. The monoisotopic (exact) mass is 270 g/mol. The van der Waals surface area contributed by atoms with E-state index in [1.54, 1.807) is 0 Å². The summed E-state index contributed by atoms with van der Waals surface area (Å²) in [5.41, 5.74) is 0. The lowest BCUT2D eigenvalue weighted by atomic mass is 10.1. The smallest absolute Gasteiger partial charge is 0.305 e. The number of unbranched alkanes of at least 4 members (excludes halogenated alkanes) is 7. The van der Waals surface area contributed by atoms with Gasteiger partial charge in [-0.1, -0.05) is 72.1 Å². The first kappa shape index (κ1) is 18.5. The van der Waals surface area contributed by atoms with Gasteiger partial charge >= 0.3 is 5.97 Å². The summed E-state index contributed by atoms with van der Waals surface area (Å²) in [5, 5.41) is 0. The van der Waals surface area contributed by atoms with Gasteiger partial charge in [0, 0.05) is 6.42 Å². The number of ether oxygens (including phenoxy) is 1. The molecule has 0 spiro atoms. The number of hydrogen-bond donors (Lipinski definition) is 0. The Morgan fingerprint density at radius 3 is 2.21 bits per heavy atom. The Labute approximate surface area is 120 Å². The van der Waals surface area contributed by atoms with E-state index < -0.39 is 0 Å². The molecule has 2 nitrogen and oxygen atoms in total. The summed E-state index contributed by atoms with van der Waals surface area (Å²) >= 11 is 0. The summed E-state index contributed by atoms with van der Waals surface area (Å²) in [7, 11) is 0. The van der Waals surface area contributed by atoms with Gasteiger partial charge in [0.15, 0.2) is 0 Å². The van der Waals surface area contributed by atoms with Gasteiger partial charge < -0.3 is 4.74 Å². The minimum Gasteiger partial charge on any atom is -0.466 e. The van der Waals surface area contributed by atoms with Gasteiger partial charge in [0.2, 0.25) is 0 Å². The van der Waals surface area contributed by atoms with Gasteiger partial charge in [-0.15, -0.1) is 0 Å². The minimum absolute atomic E-state index is 0.000601. The van der Waals surface area contributed by atoms with Crippen molar-refractivity contribution >= 4 is 5.97 Å². The van der Waals surface area contributed by atoms with Crippen molar-refractivity contribution in [3.63, 3.8) is 0 Å². The van der Waals surface area contributed by atoms with Crippen molar-refractivity contribution in [3.05, 3.63) is 0 Å². The first-order chi connectivity index (χ1) is 9.16. The van der Waals surface area contributed by atoms with E-state index in [9.17, 15) is 4.79 Å². The Morgan fingerprint density at radius 1 is 0.895 bits per heavy atom. The summed E-state index contributed by atoms with van der Waals surface area (Å²) in [6.45, 7) is 7.34. The maximum Gasteiger partial charge on any atom is 0.305 e. The van der Waals surface area contributed by atoms with Gasteiger partial charge in [-0.2, -0.15) is 0 Å². The predicted octanol–water partition coefficient (Wildman–Crippen LogP) is 5.50. The first-order valence-corrected chi connectivity index (χ1v) is 8.32. The van der Waals surface area contributed by atoms with E-state index in [1.807, 2.05) is 0 Å². The van der Waals surface area contributed by atoms with Crippen LogP contribution in [0.5, 0.6) is 0 Å². The van der Waals surface area contributed by atoms with Gasteiger partial charge in [-0.3, -0.25) is 4.79 Å². The van der Waals surface area contributed by atoms with Crippen LogP contribution in [0.25, 0.3) is 0 Å². The van der Waals surface area contributed by atoms with E-state index in [4.69, 9.17) is 4.74 Å². The van der Waals surface area contributed by atoms with Crippen molar-refractivity contribution in [2.24, 2.45) is 5.92 Å². The number of hydrogen-bond acceptors (Lipinski definition) is 2. The van der Waals surface area contributed by atoms with Crippen LogP contribution in [-0.4, -0.2) is 12.6 Å². The molecule has 0 atom stereocenters. The molecular weight excluding hydrogens is 236 g/mol. The third-order valence-corrected chi connectivity index (χ3v) is 3.42. The second-order valence-corrected chi connectivity index (χ2v) is 5.98. The molecule has 0 saturated heterocycles. The predicted molar refractivity (Wildman–Crippen MR) is 82.3 cm³/mol. The number of rotatable bonds is 13. The quantitative estimate of drug-likeness (QED) is 0.326. The Hall–Kier alpha value is -0.530. The van der Waals surface area contributed by atoms with Crippen LogP contribution in [-0.2, 0) is 9.53 Å². The molecule has 2 heteroatoms. The molecule has 0 aliphatic heterocycles. The molecule has 0 aliphatic carbocycles. The summed E-state index contributed by atoms with van der Waals surface area (Å²) in [6, 6.07) is 0. The average molecular weight is 270 g/mol. The molecule has 0 fully saturated rings. The van der Waals surface area contributed by atoms with Crippen LogP contribution in [0.4, 0.5) is 0 Å². The van der Waals surface area contributed by atoms with Gasteiger partial charge in [0.1, 0.15) is 0 Å². The first-order valence-electron chi connectivity index (χ1n) is 8.32.